The molecule has 2 aromatic carbocycles. The summed E-state index contributed by atoms with van der Waals surface area (Å²) in [6, 6.07) is 10.5. The van der Waals surface area contributed by atoms with Gasteiger partial charge in [0, 0.05) is 35.8 Å². The smallest absolute Gasteiger partial charge is 0.476 e. The Kier molecular flexibility index (Phi) is 11.8. The summed E-state index contributed by atoms with van der Waals surface area (Å²) < 4.78 is 43.0. The van der Waals surface area contributed by atoms with Gasteiger partial charge in [0.05, 0.1) is 40.5 Å². The van der Waals surface area contributed by atoms with Gasteiger partial charge in [-0.3, -0.25) is 14.9 Å². The van der Waals surface area contributed by atoms with Crippen LogP contribution in [0.1, 0.15) is 48.7 Å². The maximum Gasteiger partial charge on any atom is 0.476 e. The number of ether oxygens (including phenoxy) is 2. The molecule has 1 saturated heterocycles. The molecule has 13 nitrogen and oxygen atoms in total. The van der Waals surface area contributed by atoms with Crippen molar-refractivity contribution < 1.29 is 66.3 Å². The number of imide groups is 1. The second-order valence-electron chi connectivity index (χ2n) is 11.3. The van der Waals surface area contributed by atoms with E-state index in [1.54, 1.807) is 36.6 Å². The molecule has 5 rings (SSSR count). The van der Waals surface area contributed by atoms with Crippen LogP contribution in [-0.2, 0) is 33.5 Å². The fraction of sp³-hybridized carbons (Fsp3) is 0.344. The molecule has 4 atom stereocenters. The number of likely N-dealkylation sites (tertiary alicyclic amines) is 1. The van der Waals surface area contributed by atoms with Gasteiger partial charge in [-0.05, 0) is 43.8 Å². The summed E-state index contributed by atoms with van der Waals surface area (Å²) in [7, 11) is 3.02. The van der Waals surface area contributed by atoms with Crippen molar-refractivity contribution in [2.75, 3.05) is 7.05 Å². The number of hydrogen-bond acceptors (Lipinski definition) is 11. The molecule has 1 aliphatic heterocycles. The summed E-state index contributed by atoms with van der Waals surface area (Å²) in [5, 5.41) is 30.6. The number of rotatable bonds is 10. The molecule has 1 unspecified atom stereocenters. The number of aryl methyl sites for hydroxylation is 1. The number of halogens is 3. The van der Waals surface area contributed by atoms with E-state index < -0.39 is 59.9 Å². The molecule has 3 heterocycles. The third-order valence-electron chi connectivity index (χ3n) is 8.10. The van der Waals surface area contributed by atoms with E-state index in [-0.39, 0.29) is 48.4 Å². The van der Waals surface area contributed by atoms with Crippen LogP contribution >= 0.6 is 11.3 Å². The predicted molar refractivity (Wildman–Crippen MR) is 165 cm³/mol. The maximum absolute atomic E-state index is 15.3. The van der Waals surface area contributed by atoms with Crippen LogP contribution < -0.4 is 38.6 Å². The van der Waals surface area contributed by atoms with Crippen LogP contribution in [0.4, 0.5) is 13.6 Å². The van der Waals surface area contributed by atoms with E-state index in [1.807, 2.05) is 0 Å². The van der Waals surface area contributed by atoms with Gasteiger partial charge in [-0.1, -0.05) is 19.1 Å². The van der Waals surface area contributed by atoms with Gasteiger partial charge in [0.25, 0.3) is 0 Å². The average Bonchev–Trinajstić information content (AvgIpc) is 3.79. The summed E-state index contributed by atoms with van der Waals surface area (Å²) in [6.07, 6.45) is -0.406. The molecule has 0 aliphatic carbocycles. The number of aliphatic hydroxyl groups is 1. The standard InChI is InChI=1S/C32H32F2N7O6S.HI/c1-18(29-37-25(15-48-29)21-7-5-20(14-35)6-8-21)32(45,23-13-22(33)9-10-24(23)34)16-40-17-39(4)30(38-40)47-31(44)41-26(11-12-27(41)43)28(36-3)46-19(2)42;/h5-10,13,15,17-18,26,28,36,45H,11-12,16H2,1-4H3;1H/q+1;/p-1/t18-,26-,28?,32+;/m0./s1. The first-order chi connectivity index (χ1) is 22.8. The number of carbonyl (C=O) groups is 3. The minimum absolute atomic E-state index is 0. The van der Waals surface area contributed by atoms with E-state index in [4.69, 9.17) is 14.7 Å². The van der Waals surface area contributed by atoms with Gasteiger partial charge >= 0.3 is 18.1 Å². The van der Waals surface area contributed by atoms with Crippen molar-refractivity contribution in [2.45, 2.75) is 57.0 Å². The van der Waals surface area contributed by atoms with Crippen molar-refractivity contribution >= 4 is 29.3 Å². The lowest BCUT2D eigenvalue weighted by Gasteiger charge is -2.32. The lowest BCUT2D eigenvalue weighted by Crippen LogP contribution is -3.00. The van der Waals surface area contributed by atoms with Crippen molar-refractivity contribution in [1.29, 1.82) is 5.26 Å². The molecule has 4 aromatic rings. The Morgan fingerprint density at radius 2 is 1.98 bits per heavy atom. The SMILES string of the molecule is CNC(OC(C)=O)[C@@H]1CCC(=O)N1C(=O)Oc1nn(C[C@](O)(c2cc(F)ccc2F)[C@@H](C)c2nc(-c3ccc(C#N)cc3)cs2)c[n+]1C.[I-]. The van der Waals surface area contributed by atoms with Crippen molar-refractivity contribution in [3.63, 3.8) is 0 Å². The number of nitrogens with zero attached hydrogens (tertiary/aromatic N) is 6. The summed E-state index contributed by atoms with van der Waals surface area (Å²) in [5.74, 6) is -3.68. The zero-order valence-corrected chi connectivity index (χ0v) is 29.7. The molecule has 0 saturated carbocycles. The van der Waals surface area contributed by atoms with Crippen molar-refractivity contribution in [1.82, 2.24) is 25.0 Å². The van der Waals surface area contributed by atoms with Gasteiger partial charge < -0.3 is 38.6 Å². The van der Waals surface area contributed by atoms with Gasteiger partial charge in [0.2, 0.25) is 12.2 Å². The largest absolute Gasteiger partial charge is 1.00 e. The Hall–Kier alpha value is -4.38. The van der Waals surface area contributed by atoms with Crippen LogP contribution in [0.25, 0.3) is 11.3 Å². The Labute approximate surface area is 301 Å². The highest BCUT2D eigenvalue weighted by molar-refractivity contribution is 7.10. The number of carbonyl (C=O) groups excluding carboxylic acids is 3. The van der Waals surface area contributed by atoms with E-state index in [0.717, 1.165) is 28.7 Å². The molecular weight excluding hydrogens is 775 g/mol. The van der Waals surface area contributed by atoms with Crippen LogP contribution in [0.5, 0.6) is 6.01 Å². The first-order valence-corrected chi connectivity index (χ1v) is 15.7. The number of esters is 1. The molecule has 2 amide bonds. The van der Waals surface area contributed by atoms with E-state index in [9.17, 15) is 23.9 Å². The maximum atomic E-state index is 15.3. The topological polar surface area (TPSA) is 164 Å². The normalized spacial score (nSPS) is 16.7. The van der Waals surface area contributed by atoms with Crippen LogP contribution in [-0.4, -0.2) is 62.1 Å². The predicted octanol–water partition coefficient (Wildman–Crippen LogP) is 0.275. The van der Waals surface area contributed by atoms with E-state index in [2.05, 4.69) is 21.5 Å². The van der Waals surface area contributed by atoms with Crippen molar-refractivity contribution in [2.24, 2.45) is 7.05 Å². The molecule has 1 aliphatic rings. The number of hydrogen-bond donors (Lipinski definition) is 2. The molecule has 49 heavy (non-hydrogen) atoms. The minimum atomic E-state index is -2.12. The highest BCUT2D eigenvalue weighted by atomic mass is 127. The second-order valence-corrected chi connectivity index (χ2v) is 12.2. The number of likely N-dealkylation sites (N-methyl/N-ethyl adjacent to an activating group) is 1. The van der Waals surface area contributed by atoms with E-state index >= 15 is 4.39 Å². The minimum Gasteiger partial charge on any atom is -1.00 e. The number of nitrogens with one attached hydrogen (secondary N) is 1. The van der Waals surface area contributed by atoms with Gasteiger partial charge in [-0.2, -0.15) is 5.26 Å². The zero-order valence-electron chi connectivity index (χ0n) is 26.8. The molecular formula is C32H32F2IN7O6S. The molecule has 17 heteroatoms. The monoisotopic (exact) mass is 807 g/mol. The second kappa shape index (κ2) is 15.4. The number of aromatic nitrogens is 4. The van der Waals surface area contributed by atoms with E-state index in [1.165, 1.54) is 47.9 Å². The van der Waals surface area contributed by atoms with Crippen LogP contribution in [0.2, 0.25) is 0 Å². The Bertz CT molecular complexity index is 1900. The summed E-state index contributed by atoms with van der Waals surface area (Å²) in [6.45, 7) is 2.40. The molecule has 0 bridgehead atoms. The average molecular weight is 808 g/mol. The van der Waals surface area contributed by atoms with Crippen LogP contribution in [0.3, 0.4) is 0 Å². The molecule has 258 valence electrons. The highest BCUT2D eigenvalue weighted by Crippen LogP contribution is 2.41. The van der Waals surface area contributed by atoms with E-state index in [0.29, 0.717) is 16.3 Å². The summed E-state index contributed by atoms with van der Waals surface area (Å²) in [5.41, 5.74) is -0.686. The summed E-state index contributed by atoms with van der Waals surface area (Å²) >= 11 is 1.21. The van der Waals surface area contributed by atoms with Gasteiger partial charge in [-0.25, -0.2) is 28.0 Å². The molecule has 0 radical (unpaired) electrons. The molecule has 1 fully saturated rings. The van der Waals surface area contributed by atoms with Crippen molar-refractivity contribution in [3.05, 3.63) is 81.9 Å². The van der Waals surface area contributed by atoms with Crippen LogP contribution in [0, 0.1) is 23.0 Å². The quantitative estimate of drug-likeness (QED) is 0.0986. The molecule has 2 aromatic heterocycles. The Balaban J connectivity index is 0.00000541. The molecule has 0 spiro atoms. The Morgan fingerprint density at radius 3 is 2.63 bits per heavy atom. The lowest BCUT2D eigenvalue weighted by molar-refractivity contribution is -0.676. The van der Waals surface area contributed by atoms with Crippen molar-refractivity contribution in [3.8, 4) is 23.3 Å². The number of benzene rings is 2. The number of nitriles is 1. The third kappa shape index (κ3) is 7.93. The first-order valence-electron chi connectivity index (χ1n) is 14.8. The molecule has 2 N–H and O–H groups in total. The van der Waals surface area contributed by atoms with Crippen LogP contribution in [0.15, 0.2) is 54.2 Å². The zero-order chi connectivity index (χ0) is 34.7. The van der Waals surface area contributed by atoms with Gasteiger partial charge in [0.1, 0.15) is 23.8 Å². The summed E-state index contributed by atoms with van der Waals surface area (Å²) in [4.78, 5) is 43.0. The Morgan fingerprint density at radius 1 is 1.27 bits per heavy atom. The number of amides is 2. The van der Waals surface area contributed by atoms with Gasteiger partial charge in [0.15, 0.2) is 6.23 Å². The first kappa shape index (κ1) is 37.4. The van der Waals surface area contributed by atoms with Gasteiger partial charge in [-0.15, -0.1) is 16.0 Å². The fourth-order valence-corrected chi connectivity index (χ4v) is 6.53. The highest BCUT2D eigenvalue weighted by Gasteiger charge is 2.46. The fourth-order valence-electron chi connectivity index (χ4n) is 5.56. The number of thiazole rings is 1. The lowest BCUT2D eigenvalue weighted by atomic mass is 9.82. The third-order valence-corrected chi connectivity index (χ3v) is 9.12.